The van der Waals surface area contributed by atoms with E-state index in [1.165, 1.54) is 34.9 Å². The second-order valence-electron chi connectivity index (χ2n) is 8.05. The number of ketones is 1. The van der Waals surface area contributed by atoms with Crippen LogP contribution in [0, 0.1) is 13.8 Å². The third-order valence-corrected chi connectivity index (χ3v) is 6.21. The van der Waals surface area contributed by atoms with Crippen LogP contribution in [0.1, 0.15) is 51.4 Å². The van der Waals surface area contributed by atoms with E-state index in [4.69, 9.17) is 0 Å². The highest BCUT2D eigenvalue weighted by molar-refractivity contribution is 5.99. The molecule has 140 valence electrons. The van der Waals surface area contributed by atoms with Crippen LogP contribution in [0.5, 0.6) is 0 Å². The Morgan fingerprint density at radius 3 is 2.70 bits per heavy atom. The van der Waals surface area contributed by atoms with Crippen molar-refractivity contribution in [3.8, 4) is 0 Å². The molecule has 0 bridgehead atoms. The minimum Gasteiger partial charge on any atom is -0.361 e. The number of aromatic nitrogens is 1. The van der Waals surface area contributed by atoms with Crippen molar-refractivity contribution in [3.05, 3.63) is 70.4 Å². The summed E-state index contributed by atoms with van der Waals surface area (Å²) in [5, 5.41) is 1.29. The van der Waals surface area contributed by atoms with E-state index in [2.05, 4.69) is 54.3 Å². The van der Waals surface area contributed by atoms with E-state index in [1.54, 1.807) is 0 Å². The maximum absolute atomic E-state index is 12.9. The molecule has 0 radical (unpaired) electrons. The summed E-state index contributed by atoms with van der Waals surface area (Å²) in [6, 6.07) is 12.4. The average molecular weight is 361 g/mol. The predicted molar refractivity (Wildman–Crippen MR) is 112 cm³/mol. The number of carbonyl (C=O) groups excluding carboxylic acids is 1. The summed E-state index contributed by atoms with van der Waals surface area (Å²) < 4.78 is 0. The third kappa shape index (κ3) is 3.57. The summed E-state index contributed by atoms with van der Waals surface area (Å²) >= 11 is 0. The first-order valence-corrected chi connectivity index (χ1v) is 9.91. The summed E-state index contributed by atoms with van der Waals surface area (Å²) in [5.74, 6) is 0.812. The highest BCUT2D eigenvalue weighted by Gasteiger charge is 2.21. The molecule has 27 heavy (non-hydrogen) atoms. The van der Waals surface area contributed by atoms with Crippen LogP contribution in [-0.4, -0.2) is 35.8 Å². The molecule has 0 spiro atoms. The minimum atomic E-state index is 0.201. The molecule has 1 fully saturated rings. The molecule has 0 amide bonds. The van der Waals surface area contributed by atoms with E-state index in [0.717, 1.165) is 29.8 Å². The SMILES string of the molecule is Cc1cccc(C(=O)Cc2ccc3[nH]cc(C4CCN(C)CC4)c3c2)c1C. The maximum atomic E-state index is 12.9. The number of aryl methyl sites for hydroxylation is 1. The monoisotopic (exact) mass is 360 g/mol. The molecule has 1 saturated heterocycles. The zero-order valence-corrected chi connectivity index (χ0v) is 16.5. The lowest BCUT2D eigenvalue weighted by molar-refractivity contribution is 0.0992. The molecule has 0 unspecified atom stereocenters. The largest absolute Gasteiger partial charge is 0.361 e. The Morgan fingerprint density at radius 1 is 1.15 bits per heavy atom. The molecule has 3 aromatic rings. The Labute approximate surface area is 161 Å². The number of rotatable bonds is 4. The first-order valence-electron chi connectivity index (χ1n) is 9.91. The van der Waals surface area contributed by atoms with Crippen LogP contribution in [-0.2, 0) is 6.42 Å². The van der Waals surface area contributed by atoms with Gasteiger partial charge in [-0.2, -0.15) is 0 Å². The standard InChI is InChI=1S/C24H28N2O/c1-16-5-4-6-20(17(16)2)24(27)14-18-7-8-23-21(13-18)22(15-25-23)19-9-11-26(3)12-10-19/h4-8,13,15,19,25H,9-12,14H2,1-3H3. The van der Waals surface area contributed by atoms with Crippen molar-refractivity contribution < 1.29 is 4.79 Å². The summed E-state index contributed by atoms with van der Waals surface area (Å²) in [6.45, 7) is 6.41. The lowest BCUT2D eigenvalue weighted by Crippen LogP contribution is -2.29. The number of Topliss-reactive ketones (excluding diaryl/α,β-unsaturated/α-hetero) is 1. The number of likely N-dealkylation sites (tertiary alicyclic amines) is 1. The Bertz CT molecular complexity index is 977. The molecule has 1 aliphatic heterocycles. The van der Waals surface area contributed by atoms with Crippen molar-refractivity contribution >= 4 is 16.7 Å². The van der Waals surface area contributed by atoms with Gasteiger partial charge >= 0.3 is 0 Å². The third-order valence-electron chi connectivity index (χ3n) is 6.21. The number of fused-ring (bicyclic) bond motifs is 1. The zero-order chi connectivity index (χ0) is 19.0. The number of H-pyrrole nitrogens is 1. The number of hydrogen-bond acceptors (Lipinski definition) is 2. The predicted octanol–water partition coefficient (Wildman–Crippen LogP) is 5.02. The second-order valence-corrected chi connectivity index (χ2v) is 8.05. The Balaban J connectivity index is 1.60. The van der Waals surface area contributed by atoms with Gasteiger partial charge < -0.3 is 9.88 Å². The van der Waals surface area contributed by atoms with Crippen LogP contribution in [0.15, 0.2) is 42.6 Å². The number of benzene rings is 2. The van der Waals surface area contributed by atoms with Crippen LogP contribution < -0.4 is 0 Å². The van der Waals surface area contributed by atoms with Gasteiger partial charge in [0.1, 0.15) is 0 Å². The normalized spacial score (nSPS) is 16.1. The molecule has 1 aliphatic rings. The van der Waals surface area contributed by atoms with Crippen LogP contribution in [0.25, 0.3) is 10.9 Å². The summed E-state index contributed by atoms with van der Waals surface area (Å²) in [6.07, 6.45) is 5.04. The molecule has 1 aromatic heterocycles. The van der Waals surface area contributed by atoms with Crippen LogP contribution in [0.3, 0.4) is 0 Å². The molecule has 2 aromatic carbocycles. The van der Waals surface area contributed by atoms with Gasteiger partial charge in [-0.1, -0.05) is 24.3 Å². The van der Waals surface area contributed by atoms with E-state index < -0.39 is 0 Å². The van der Waals surface area contributed by atoms with Gasteiger partial charge in [0.2, 0.25) is 0 Å². The smallest absolute Gasteiger partial charge is 0.167 e. The van der Waals surface area contributed by atoms with Gasteiger partial charge in [0, 0.05) is 29.1 Å². The molecule has 0 atom stereocenters. The first kappa shape index (κ1) is 18.0. The van der Waals surface area contributed by atoms with Crippen molar-refractivity contribution in [2.75, 3.05) is 20.1 Å². The van der Waals surface area contributed by atoms with Crippen molar-refractivity contribution in [3.63, 3.8) is 0 Å². The van der Waals surface area contributed by atoms with Gasteiger partial charge in [0.05, 0.1) is 0 Å². The van der Waals surface area contributed by atoms with Crippen LogP contribution in [0.2, 0.25) is 0 Å². The Kier molecular flexibility index (Phi) is 4.88. The molecule has 3 nitrogen and oxygen atoms in total. The molecular formula is C24H28N2O. The van der Waals surface area contributed by atoms with Crippen LogP contribution in [0.4, 0.5) is 0 Å². The average Bonchev–Trinajstić information content (AvgIpc) is 3.08. The van der Waals surface area contributed by atoms with E-state index in [9.17, 15) is 4.79 Å². The summed E-state index contributed by atoms with van der Waals surface area (Å²) in [7, 11) is 2.20. The fraction of sp³-hybridized carbons (Fsp3) is 0.375. The zero-order valence-electron chi connectivity index (χ0n) is 16.5. The first-order chi connectivity index (χ1) is 13.0. The van der Waals surface area contributed by atoms with E-state index >= 15 is 0 Å². The van der Waals surface area contributed by atoms with Gasteiger partial charge in [0.15, 0.2) is 5.78 Å². The lowest BCUT2D eigenvalue weighted by atomic mass is 9.88. The molecule has 4 rings (SSSR count). The van der Waals surface area contributed by atoms with E-state index in [-0.39, 0.29) is 5.78 Å². The van der Waals surface area contributed by atoms with E-state index in [1.807, 2.05) is 19.1 Å². The molecular weight excluding hydrogens is 332 g/mol. The van der Waals surface area contributed by atoms with Gasteiger partial charge in [-0.25, -0.2) is 0 Å². The highest BCUT2D eigenvalue weighted by atomic mass is 16.1. The molecule has 3 heteroatoms. The number of piperidine rings is 1. The lowest BCUT2D eigenvalue weighted by Gasteiger charge is -2.28. The Morgan fingerprint density at radius 2 is 1.93 bits per heavy atom. The number of carbonyl (C=O) groups is 1. The van der Waals surface area contributed by atoms with Gasteiger partial charge in [-0.15, -0.1) is 0 Å². The number of nitrogens with one attached hydrogen (secondary N) is 1. The topological polar surface area (TPSA) is 36.1 Å². The van der Waals surface area contributed by atoms with Crippen molar-refractivity contribution in [1.29, 1.82) is 0 Å². The van der Waals surface area contributed by atoms with Crippen molar-refractivity contribution in [2.24, 2.45) is 0 Å². The molecule has 0 saturated carbocycles. The quantitative estimate of drug-likeness (QED) is 0.663. The number of aromatic amines is 1. The number of hydrogen-bond donors (Lipinski definition) is 1. The summed E-state index contributed by atoms with van der Waals surface area (Å²) in [5.41, 5.74) is 6.80. The van der Waals surface area contributed by atoms with Gasteiger partial charge in [-0.3, -0.25) is 4.79 Å². The maximum Gasteiger partial charge on any atom is 0.167 e. The Hall–Kier alpha value is -2.39. The second kappa shape index (κ2) is 7.32. The van der Waals surface area contributed by atoms with Crippen molar-refractivity contribution in [1.82, 2.24) is 9.88 Å². The van der Waals surface area contributed by atoms with Gasteiger partial charge in [0.25, 0.3) is 0 Å². The fourth-order valence-electron chi connectivity index (χ4n) is 4.29. The molecule has 1 N–H and O–H groups in total. The highest BCUT2D eigenvalue weighted by Crippen LogP contribution is 2.33. The van der Waals surface area contributed by atoms with E-state index in [0.29, 0.717) is 12.3 Å². The van der Waals surface area contributed by atoms with Crippen molar-refractivity contribution in [2.45, 2.75) is 39.0 Å². The molecule has 2 heterocycles. The van der Waals surface area contributed by atoms with Crippen LogP contribution >= 0.6 is 0 Å². The minimum absolute atomic E-state index is 0.201. The van der Waals surface area contributed by atoms with Gasteiger partial charge in [-0.05, 0) is 87.1 Å². The number of nitrogens with zero attached hydrogens (tertiary/aromatic N) is 1. The summed E-state index contributed by atoms with van der Waals surface area (Å²) in [4.78, 5) is 18.7. The molecule has 0 aliphatic carbocycles. The fourth-order valence-corrected chi connectivity index (χ4v) is 4.29.